The zero-order valence-electron chi connectivity index (χ0n) is 16.4. The van der Waals surface area contributed by atoms with Crippen LogP contribution in [-0.2, 0) is 9.59 Å². The third-order valence-electron chi connectivity index (χ3n) is 4.66. The van der Waals surface area contributed by atoms with Crippen LogP contribution in [0.25, 0.3) is 0 Å². The van der Waals surface area contributed by atoms with Crippen molar-refractivity contribution in [2.45, 2.75) is 39.7 Å². The average Bonchev–Trinajstić information content (AvgIpc) is 2.54. The fourth-order valence-electron chi connectivity index (χ4n) is 3.27. The number of nitrogens with zero attached hydrogens (tertiary/aromatic N) is 2. The largest absolute Gasteiger partial charge is 0.492 e. The highest BCUT2D eigenvalue weighted by molar-refractivity contribution is 5.78. The van der Waals surface area contributed by atoms with Crippen molar-refractivity contribution in [2.75, 3.05) is 39.8 Å². The van der Waals surface area contributed by atoms with Crippen molar-refractivity contribution in [1.82, 2.24) is 15.1 Å². The van der Waals surface area contributed by atoms with Gasteiger partial charge >= 0.3 is 0 Å². The molecule has 1 aliphatic rings. The summed E-state index contributed by atoms with van der Waals surface area (Å²) in [6.45, 7) is 8.72. The van der Waals surface area contributed by atoms with Gasteiger partial charge in [-0.15, -0.1) is 0 Å². The second-order valence-electron chi connectivity index (χ2n) is 7.26. The van der Waals surface area contributed by atoms with Crippen molar-refractivity contribution in [3.8, 4) is 5.75 Å². The van der Waals surface area contributed by atoms with Gasteiger partial charge in [-0.2, -0.15) is 0 Å². The highest BCUT2D eigenvalue weighted by atomic mass is 16.5. The maximum absolute atomic E-state index is 12.2. The highest BCUT2D eigenvalue weighted by Gasteiger charge is 2.22. The van der Waals surface area contributed by atoms with Crippen LogP contribution < -0.4 is 10.1 Å². The minimum absolute atomic E-state index is 0.0279. The smallest absolute Gasteiger partial charge is 0.234 e. The van der Waals surface area contributed by atoms with Crippen LogP contribution in [0.1, 0.15) is 30.9 Å². The minimum atomic E-state index is 0.0279. The Labute approximate surface area is 156 Å². The molecule has 1 saturated heterocycles. The number of nitrogens with one attached hydrogen (secondary N) is 1. The molecule has 0 aliphatic carbocycles. The van der Waals surface area contributed by atoms with E-state index >= 15 is 0 Å². The molecule has 1 aromatic carbocycles. The van der Waals surface area contributed by atoms with Gasteiger partial charge in [0.25, 0.3) is 0 Å². The highest BCUT2D eigenvalue weighted by Crippen LogP contribution is 2.16. The zero-order chi connectivity index (χ0) is 19.1. The number of rotatable bonds is 7. The van der Waals surface area contributed by atoms with Crippen LogP contribution >= 0.6 is 0 Å². The van der Waals surface area contributed by atoms with Gasteiger partial charge in [-0.1, -0.05) is 6.07 Å². The maximum Gasteiger partial charge on any atom is 0.234 e. The van der Waals surface area contributed by atoms with Crippen LogP contribution in [0.15, 0.2) is 18.2 Å². The number of amides is 2. The van der Waals surface area contributed by atoms with Crippen molar-refractivity contribution in [3.63, 3.8) is 0 Å². The number of aryl methyl sites for hydroxylation is 2. The molecule has 0 bridgehead atoms. The Morgan fingerprint density at radius 2 is 1.81 bits per heavy atom. The third kappa shape index (κ3) is 6.67. The summed E-state index contributed by atoms with van der Waals surface area (Å²) in [5, 5.41) is 3.07. The van der Waals surface area contributed by atoms with Crippen molar-refractivity contribution in [3.05, 3.63) is 29.3 Å². The standard InChI is InChI=1S/C20H31N3O3/c1-15-11-16(2)13-19(12-15)26-10-9-22(4)14-20(25)21-18-5-7-23(8-6-18)17(3)24/h11-13,18H,5-10,14H2,1-4H3,(H,21,25). The van der Waals surface area contributed by atoms with E-state index in [0.29, 0.717) is 19.7 Å². The molecule has 2 amide bonds. The predicted octanol–water partition coefficient (Wildman–Crippen LogP) is 1.74. The first-order valence-corrected chi connectivity index (χ1v) is 9.28. The molecule has 6 heteroatoms. The molecule has 144 valence electrons. The summed E-state index contributed by atoms with van der Waals surface area (Å²) in [4.78, 5) is 27.3. The van der Waals surface area contributed by atoms with Gasteiger partial charge in [0.1, 0.15) is 12.4 Å². The van der Waals surface area contributed by atoms with Crippen LogP contribution in [-0.4, -0.2) is 67.5 Å². The Morgan fingerprint density at radius 3 is 2.38 bits per heavy atom. The topological polar surface area (TPSA) is 61.9 Å². The van der Waals surface area contributed by atoms with Gasteiger partial charge in [0.2, 0.25) is 11.8 Å². The second kappa shape index (κ2) is 9.57. The SMILES string of the molecule is CC(=O)N1CCC(NC(=O)CN(C)CCOc2cc(C)cc(C)c2)CC1. The Kier molecular flexibility index (Phi) is 7.45. The van der Waals surface area contributed by atoms with Crippen molar-refractivity contribution in [1.29, 1.82) is 0 Å². The lowest BCUT2D eigenvalue weighted by Gasteiger charge is -2.32. The summed E-state index contributed by atoms with van der Waals surface area (Å²) in [7, 11) is 1.92. The van der Waals surface area contributed by atoms with E-state index < -0.39 is 0 Å². The fourth-order valence-corrected chi connectivity index (χ4v) is 3.27. The van der Waals surface area contributed by atoms with Crippen molar-refractivity contribution in [2.24, 2.45) is 0 Å². The van der Waals surface area contributed by atoms with E-state index in [1.807, 2.05) is 29.0 Å². The molecule has 0 saturated carbocycles. The van der Waals surface area contributed by atoms with E-state index in [1.54, 1.807) is 6.92 Å². The lowest BCUT2D eigenvalue weighted by Crippen LogP contribution is -2.48. The molecule has 0 spiro atoms. The van der Waals surface area contributed by atoms with Gasteiger partial charge in [0.15, 0.2) is 0 Å². The predicted molar refractivity (Wildman–Crippen MR) is 102 cm³/mol. The average molecular weight is 361 g/mol. The molecule has 1 aliphatic heterocycles. The number of likely N-dealkylation sites (N-methyl/N-ethyl adjacent to an activating group) is 1. The van der Waals surface area contributed by atoms with E-state index in [9.17, 15) is 9.59 Å². The Bertz CT molecular complexity index is 604. The van der Waals surface area contributed by atoms with Crippen LogP contribution in [0.2, 0.25) is 0 Å². The van der Waals surface area contributed by atoms with Gasteiger partial charge < -0.3 is 15.0 Å². The monoisotopic (exact) mass is 361 g/mol. The van der Waals surface area contributed by atoms with Gasteiger partial charge in [0, 0.05) is 32.6 Å². The molecular weight excluding hydrogens is 330 g/mol. The number of likely N-dealkylation sites (tertiary alicyclic amines) is 1. The number of piperidine rings is 1. The van der Waals surface area contributed by atoms with E-state index in [4.69, 9.17) is 4.74 Å². The molecule has 1 aromatic rings. The number of benzene rings is 1. The van der Waals surface area contributed by atoms with Crippen molar-refractivity contribution >= 4 is 11.8 Å². The molecule has 0 unspecified atom stereocenters. The number of hydrogen-bond acceptors (Lipinski definition) is 4. The van der Waals surface area contributed by atoms with Gasteiger partial charge in [-0.3, -0.25) is 14.5 Å². The molecular formula is C20H31N3O3. The summed E-state index contributed by atoms with van der Waals surface area (Å²) in [5.74, 6) is 1.01. The van der Waals surface area contributed by atoms with Gasteiger partial charge in [-0.05, 0) is 57.0 Å². The fraction of sp³-hybridized carbons (Fsp3) is 0.600. The molecule has 0 aromatic heterocycles. The first kappa shape index (κ1) is 20.2. The summed E-state index contributed by atoms with van der Waals surface area (Å²) in [5.41, 5.74) is 2.37. The van der Waals surface area contributed by atoms with Crippen LogP contribution in [0.4, 0.5) is 0 Å². The minimum Gasteiger partial charge on any atom is -0.492 e. The second-order valence-corrected chi connectivity index (χ2v) is 7.26. The van der Waals surface area contributed by atoms with Crippen molar-refractivity contribution < 1.29 is 14.3 Å². The first-order valence-electron chi connectivity index (χ1n) is 9.28. The molecule has 1 N–H and O–H groups in total. The van der Waals surface area contributed by atoms with Crippen LogP contribution in [0.3, 0.4) is 0 Å². The number of carbonyl (C=O) groups excluding carboxylic acids is 2. The summed E-state index contributed by atoms with van der Waals surface area (Å²) in [6.07, 6.45) is 1.65. The molecule has 0 atom stereocenters. The normalized spacial score (nSPS) is 15.2. The van der Waals surface area contributed by atoms with E-state index in [-0.39, 0.29) is 17.9 Å². The number of ether oxygens (including phenoxy) is 1. The molecule has 26 heavy (non-hydrogen) atoms. The molecule has 1 fully saturated rings. The maximum atomic E-state index is 12.2. The lowest BCUT2D eigenvalue weighted by atomic mass is 10.1. The van der Waals surface area contributed by atoms with E-state index in [2.05, 4.69) is 25.2 Å². The molecule has 2 rings (SSSR count). The summed E-state index contributed by atoms with van der Waals surface area (Å²) in [6, 6.07) is 6.32. The van der Waals surface area contributed by atoms with Crippen LogP contribution in [0.5, 0.6) is 5.75 Å². The van der Waals surface area contributed by atoms with E-state index in [0.717, 1.165) is 31.7 Å². The first-order chi connectivity index (χ1) is 12.3. The lowest BCUT2D eigenvalue weighted by molar-refractivity contribution is -0.130. The summed E-state index contributed by atoms with van der Waals surface area (Å²) >= 11 is 0. The van der Waals surface area contributed by atoms with Gasteiger partial charge in [-0.25, -0.2) is 0 Å². The van der Waals surface area contributed by atoms with E-state index in [1.165, 1.54) is 11.1 Å². The Balaban J connectivity index is 1.65. The number of carbonyl (C=O) groups is 2. The Morgan fingerprint density at radius 1 is 1.19 bits per heavy atom. The molecule has 1 heterocycles. The molecule has 0 radical (unpaired) electrons. The number of hydrogen-bond donors (Lipinski definition) is 1. The van der Waals surface area contributed by atoms with Gasteiger partial charge in [0.05, 0.1) is 6.54 Å². The summed E-state index contributed by atoms with van der Waals surface area (Å²) < 4.78 is 5.79. The quantitative estimate of drug-likeness (QED) is 0.804. The Hall–Kier alpha value is -2.08. The van der Waals surface area contributed by atoms with Crippen LogP contribution in [0, 0.1) is 13.8 Å². The third-order valence-corrected chi connectivity index (χ3v) is 4.66. The zero-order valence-corrected chi connectivity index (χ0v) is 16.4. The molecule has 6 nitrogen and oxygen atoms in total.